The number of ketones is 1. The third-order valence-corrected chi connectivity index (χ3v) is 8.94. The van der Waals surface area contributed by atoms with E-state index in [0.29, 0.717) is 48.9 Å². The summed E-state index contributed by atoms with van der Waals surface area (Å²) in [5, 5.41) is 0. The lowest BCUT2D eigenvalue weighted by Gasteiger charge is -2.24. The van der Waals surface area contributed by atoms with Crippen LogP contribution in [0.25, 0.3) is 21.5 Å². The molecule has 194 valence electrons. The third kappa shape index (κ3) is 4.57. The number of carbonyl (C=O) groups is 2. The van der Waals surface area contributed by atoms with Gasteiger partial charge in [-0.05, 0) is 61.1 Å². The maximum atomic E-state index is 13.8. The molecule has 2 aromatic heterocycles. The highest BCUT2D eigenvalue weighted by Crippen LogP contribution is 2.43. The monoisotopic (exact) mass is 527 g/mol. The van der Waals surface area contributed by atoms with Crippen LogP contribution >= 0.6 is 11.3 Å². The number of rotatable bonds is 6. The molecule has 38 heavy (non-hydrogen) atoms. The fraction of sp³-hybridized carbons (Fsp3) is 0.367. The van der Waals surface area contributed by atoms with Crippen molar-refractivity contribution >= 4 is 39.8 Å². The van der Waals surface area contributed by atoms with Crippen molar-refractivity contribution in [2.75, 3.05) is 37.7 Å². The summed E-state index contributed by atoms with van der Waals surface area (Å²) in [7, 11) is 0. The molecule has 1 aliphatic carbocycles. The number of morpholine rings is 1. The van der Waals surface area contributed by atoms with Gasteiger partial charge in [-0.25, -0.2) is 4.98 Å². The van der Waals surface area contributed by atoms with Crippen LogP contribution in [0.5, 0.6) is 0 Å². The van der Waals surface area contributed by atoms with Gasteiger partial charge < -0.3 is 14.1 Å². The van der Waals surface area contributed by atoms with E-state index in [-0.39, 0.29) is 11.7 Å². The number of aromatic nitrogens is 1. The summed E-state index contributed by atoms with van der Waals surface area (Å²) in [5.74, 6) is 1.42. The Bertz CT molecular complexity index is 1530. The molecule has 0 bridgehead atoms. The van der Waals surface area contributed by atoms with Gasteiger partial charge in [-0.15, -0.1) is 11.3 Å². The van der Waals surface area contributed by atoms with Gasteiger partial charge in [0.25, 0.3) is 5.91 Å². The van der Waals surface area contributed by atoms with Gasteiger partial charge in [0.2, 0.25) is 5.89 Å². The minimum Gasteiger partial charge on any atom is -0.439 e. The number of carbonyl (C=O) groups excluding carboxylic acids is 2. The molecule has 0 spiro atoms. The summed E-state index contributed by atoms with van der Waals surface area (Å²) in [4.78, 5) is 37.4. The number of para-hydroxylation sites is 1. The number of hydrogen-bond donors (Lipinski definition) is 0. The van der Waals surface area contributed by atoms with E-state index in [0.717, 1.165) is 58.4 Å². The lowest BCUT2D eigenvalue weighted by molar-refractivity contribution is 0.0308. The van der Waals surface area contributed by atoms with Crippen LogP contribution in [0.2, 0.25) is 0 Å². The van der Waals surface area contributed by atoms with Gasteiger partial charge in [-0.3, -0.25) is 14.5 Å². The minimum absolute atomic E-state index is 0.0642. The topological polar surface area (TPSA) is 75.9 Å². The van der Waals surface area contributed by atoms with E-state index in [2.05, 4.69) is 22.0 Å². The van der Waals surface area contributed by atoms with Crippen LogP contribution in [0.15, 0.2) is 52.9 Å². The average Bonchev–Trinajstić information content (AvgIpc) is 3.54. The summed E-state index contributed by atoms with van der Waals surface area (Å²) in [6, 6.07) is 15.6. The highest BCUT2D eigenvalue weighted by molar-refractivity contribution is 7.17. The Morgan fingerprint density at radius 2 is 1.87 bits per heavy atom. The van der Waals surface area contributed by atoms with E-state index in [1.807, 2.05) is 41.3 Å². The van der Waals surface area contributed by atoms with E-state index in [1.165, 1.54) is 12.8 Å². The molecule has 7 rings (SSSR count). The Kier molecular flexibility index (Phi) is 6.11. The molecule has 8 heteroatoms. The molecule has 2 aliphatic heterocycles. The summed E-state index contributed by atoms with van der Waals surface area (Å²) < 4.78 is 11.5. The molecular weight excluding hydrogens is 498 g/mol. The molecule has 3 aliphatic rings. The quantitative estimate of drug-likeness (QED) is 0.305. The molecule has 2 fully saturated rings. The molecular formula is C30H29N3O4S. The Hall–Kier alpha value is -3.33. The molecule has 1 amide bonds. The molecule has 1 saturated carbocycles. The van der Waals surface area contributed by atoms with Gasteiger partial charge in [0.15, 0.2) is 11.4 Å². The Balaban J connectivity index is 1.16. The fourth-order valence-corrected chi connectivity index (χ4v) is 6.60. The predicted octanol–water partition coefficient (Wildman–Crippen LogP) is 5.57. The first-order valence-electron chi connectivity index (χ1n) is 13.4. The molecule has 0 unspecified atom stereocenters. The molecule has 0 N–H and O–H groups in total. The SMILES string of the molecule is O=C(CC1CC1)c1cc2c(s1)-c1ccccc1N(C(=O)c1ccc3nc(CN4CCOCC4)oc3c1)CC2. The first kappa shape index (κ1) is 23.8. The maximum Gasteiger partial charge on any atom is 0.258 e. The van der Waals surface area contributed by atoms with E-state index in [9.17, 15) is 9.59 Å². The second kappa shape index (κ2) is 9.76. The van der Waals surface area contributed by atoms with Gasteiger partial charge >= 0.3 is 0 Å². The first-order valence-corrected chi connectivity index (χ1v) is 14.2. The number of nitrogens with zero attached hydrogens (tertiary/aromatic N) is 3. The summed E-state index contributed by atoms with van der Waals surface area (Å²) >= 11 is 1.57. The second-order valence-corrected chi connectivity index (χ2v) is 11.5. The standard InChI is InChI=1S/C30H29N3O4S/c34-25(15-19-5-6-19)27-17-20-9-10-33(24-4-2-1-3-22(24)29(20)38-27)30(35)21-7-8-23-26(16-21)37-28(31-23)18-32-11-13-36-14-12-32/h1-4,7-8,16-17,19H,5-6,9-15,18H2. The fourth-order valence-electron chi connectivity index (χ4n) is 5.41. The van der Waals surface area contributed by atoms with Crippen molar-refractivity contribution in [2.45, 2.75) is 32.2 Å². The Morgan fingerprint density at radius 3 is 2.71 bits per heavy atom. The van der Waals surface area contributed by atoms with E-state index in [4.69, 9.17) is 9.15 Å². The van der Waals surface area contributed by atoms with Crippen molar-refractivity contribution in [1.82, 2.24) is 9.88 Å². The van der Waals surface area contributed by atoms with Crippen molar-refractivity contribution in [3.05, 3.63) is 70.4 Å². The van der Waals surface area contributed by atoms with Gasteiger partial charge in [-0.1, -0.05) is 18.2 Å². The Morgan fingerprint density at radius 1 is 1.03 bits per heavy atom. The van der Waals surface area contributed by atoms with Crippen LogP contribution in [-0.4, -0.2) is 54.4 Å². The number of benzene rings is 2. The van der Waals surface area contributed by atoms with Crippen LogP contribution in [0.4, 0.5) is 5.69 Å². The van der Waals surface area contributed by atoms with E-state index in [1.54, 1.807) is 11.3 Å². The molecule has 7 nitrogen and oxygen atoms in total. The number of thiophene rings is 1. The third-order valence-electron chi connectivity index (χ3n) is 7.69. The second-order valence-electron chi connectivity index (χ2n) is 10.4. The van der Waals surface area contributed by atoms with Crippen molar-refractivity contribution in [1.29, 1.82) is 0 Å². The minimum atomic E-state index is -0.0642. The summed E-state index contributed by atoms with van der Waals surface area (Å²) in [5.41, 5.74) is 5.00. The first-order chi connectivity index (χ1) is 18.6. The average molecular weight is 528 g/mol. The zero-order valence-electron chi connectivity index (χ0n) is 21.2. The van der Waals surface area contributed by atoms with Gasteiger partial charge in [0.1, 0.15) is 5.52 Å². The van der Waals surface area contributed by atoms with Crippen molar-refractivity contribution < 1.29 is 18.7 Å². The predicted molar refractivity (Wildman–Crippen MR) is 147 cm³/mol. The molecule has 1 saturated heterocycles. The number of Topliss-reactive ketones (excluding diaryl/α,β-unsaturated/α-hetero) is 1. The lowest BCUT2D eigenvalue weighted by Crippen LogP contribution is -2.35. The van der Waals surface area contributed by atoms with E-state index >= 15 is 0 Å². The van der Waals surface area contributed by atoms with Gasteiger partial charge in [-0.2, -0.15) is 0 Å². The normalized spacial score (nSPS) is 17.7. The lowest BCUT2D eigenvalue weighted by atomic mass is 10.1. The molecule has 0 radical (unpaired) electrons. The Labute approximate surface area is 225 Å². The zero-order chi connectivity index (χ0) is 25.6. The van der Waals surface area contributed by atoms with Crippen LogP contribution in [0.3, 0.4) is 0 Å². The highest BCUT2D eigenvalue weighted by atomic mass is 32.1. The van der Waals surface area contributed by atoms with Crippen molar-refractivity contribution in [2.24, 2.45) is 5.92 Å². The molecule has 2 aromatic carbocycles. The number of anilines is 1. The van der Waals surface area contributed by atoms with E-state index < -0.39 is 0 Å². The smallest absolute Gasteiger partial charge is 0.258 e. The largest absolute Gasteiger partial charge is 0.439 e. The van der Waals surface area contributed by atoms with Crippen molar-refractivity contribution in [3.8, 4) is 10.4 Å². The highest BCUT2D eigenvalue weighted by Gasteiger charge is 2.30. The van der Waals surface area contributed by atoms with Gasteiger partial charge in [0.05, 0.1) is 30.3 Å². The van der Waals surface area contributed by atoms with Crippen LogP contribution in [0.1, 0.15) is 50.7 Å². The molecule has 4 heterocycles. The van der Waals surface area contributed by atoms with Crippen LogP contribution in [-0.2, 0) is 17.7 Å². The van der Waals surface area contributed by atoms with Crippen LogP contribution < -0.4 is 4.90 Å². The van der Waals surface area contributed by atoms with Crippen molar-refractivity contribution in [3.63, 3.8) is 0 Å². The maximum absolute atomic E-state index is 13.8. The summed E-state index contributed by atoms with van der Waals surface area (Å²) in [6.07, 6.45) is 3.71. The summed E-state index contributed by atoms with van der Waals surface area (Å²) in [6.45, 7) is 4.35. The number of fused-ring (bicyclic) bond motifs is 4. The number of amides is 1. The molecule has 4 aromatic rings. The number of hydrogen-bond acceptors (Lipinski definition) is 7. The van der Waals surface area contributed by atoms with Crippen LogP contribution in [0, 0.1) is 5.92 Å². The zero-order valence-corrected chi connectivity index (χ0v) is 22.0. The number of oxazole rings is 1. The number of ether oxygens (including phenoxy) is 1. The van der Waals surface area contributed by atoms with Gasteiger partial charge in [0, 0.05) is 42.1 Å². The molecule has 0 atom stereocenters.